The van der Waals surface area contributed by atoms with E-state index in [1.54, 1.807) is 38.1 Å². The molecule has 1 aliphatic heterocycles. The van der Waals surface area contributed by atoms with Gasteiger partial charge in [0.15, 0.2) is 11.7 Å². The molecule has 1 aromatic carbocycles. The summed E-state index contributed by atoms with van der Waals surface area (Å²) in [5.41, 5.74) is 11.0. The van der Waals surface area contributed by atoms with Gasteiger partial charge in [-0.3, -0.25) is 19.4 Å². The predicted molar refractivity (Wildman–Crippen MR) is 140 cm³/mol. The number of anilines is 1. The number of carbonyl (C=O) groups is 4. The van der Waals surface area contributed by atoms with Crippen LogP contribution in [0.3, 0.4) is 0 Å². The number of Topliss-reactive ketones (excluding diaryl/α,β-unsaturated/α-hetero) is 1. The molecule has 3 atom stereocenters. The van der Waals surface area contributed by atoms with E-state index in [1.807, 2.05) is 0 Å². The predicted octanol–water partition coefficient (Wildman–Crippen LogP) is 1.55. The summed E-state index contributed by atoms with van der Waals surface area (Å²) >= 11 is 5.95. The molecule has 1 aromatic rings. The lowest BCUT2D eigenvalue weighted by Crippen LogP contribution is -2.57. The first-order chi connectivity index (χ1) is 17.5. The van der Waals surface area contributed by atoms with Gasteiger partial charge in [-0.15, -0.1) is 0 Å². The molecule has 0 unspecified atom stereocenters. The van der Waals surface area contributed by atoms with Gasteiger partial charge in [0.25, 0.3) is 0 Å². The van der Waals surface area contributed by atoms with Gasteiger partial charge in [0.1, 0.15) is 18.8 Å². The summed E-state index contributed by atoms with van der Waals surface area (Å²) in [7, 11) is 0. The number of urea groups is 1. The van der Waals surface area contributed by atoms with E-state index < -0.39 is 48.4 Å². The number of hydrogen-bond acceptors (Lipinski definition) is 5. The molecular formula is C24H35ClFN7O4. The molecule has 204 valence electrons. The van der Waals surface area contributed by atoms with Gasteiger partial charge < -0.3 is 32.3 Å². The average molecular weight is 540 g/mol. The minimum Gasteiger partial charge on any atom is -0.370 e. The average Bonchev–Trinajstić information content (AvgIpc) is 3.33. The van der Waals surface area contributed by atoms with Crippen molar-refractivity contribution in [2.24, 2.45) is 22.4 Å². The maximum atomic E-state index is 13.4. The molecule has 1 fully saturated rings. The summed E-state index contributed by atoms with van der Waals surface area (Å²) < 4.78 is 13.1. The summed E-state index contributed by atoms with van der Waals surface area (Å²) in [6.45, 7) is 2.85. The Labute approximate surface area is 220 Å². The van der Waals surface area contributed by atoms with Crippen molar-refractivity contribution in [3.05, 3.63) is 29.3 Å². The van der Waals surface area contributed by atoms with Crippen LogP contribution in [0.4, 0.5) is 14.9 Å². The quantitative estimate of drug-likeness (QED) is 0.153. The monoisotopic (exact) mass is 539 g/mol. The first-order valence-corrected chi connectivity index (χ1v) is 12.5. The standard InChI is InChI=1S/C24H35ClFN7O4/c1-14(2)20(32-24(37)30-16-7-3-6-15(25)12-16)22(36)33-11-5-9-18(33)21(35)31-17(19(34)13-26)8-4-10-29-23(27)28/h3,6-7,12,14,17-18,20H,4-5,8-11,13H2,1-2H3,(H,31,35)(H4,27,28,29)(H2,30,32,37)/t17-,18+,20+/m1/s1. The molecule has 0 bridgehead atoms. The van der Waals surface area contributed by atoms with Crippen LogP contribution in [-0.4, -0.2) is 72.4 Å². The fourth-order valence-electron chi connectivity index (χ4n) is 4.05. The lowest BCUT2D eigenvalue weighted by molar-refractivity contribution is -0.141. The summed E-state index contributed by atoms with van der Waals surface area (Å²) in [4.78, 5) is 56.3. The van der Waals surface area contributed by atoms with Gasteiger partial charge in [0.2, 0.25) is 11.8 Å². The normalized spacial score (nSPS) is 16.6. The largest absolute Gasteiger partial charge is 0.370 e. The Bertz CT molecular complexity index is 1000. The number of aliphatic imine (C=N–C) groups is 1. The molecule has 0 spiro atoms. The zero-order valence-electron chi connectivity index (χ0n) is 21.0. The Morgan fingerprint density at radius 1 is 1.22 bits per heavy atom. The number of carbonyl (C=O) groups excluding carboxylic acids is 4. The Morgan fingerprint density at radius 3 is 2.57 bits per heavy atom. The summed E-state index contributed by atoms with van der Waals surface area (Å²) in [5, 5.41) is 8.35. The van der Waals surface area contributed by atoms with E-state index in [1.165, 1.54) is 4.90 Å². The lowest BCUT2D eigenvalue weighted by Gasteiger charge is -2.31. The number of hydrogen-bond donors (Lipinski definition) is 5. The molecule has 11 nitrogen and oxygen atoms in total. The Balaban J connectivity index is 2.06. The van der Waals surface area contributed by atoms with Gasteiger partial charge in [-0.1, -0.05) is 31.5 Å². The molecule has 0 aromatic heterocycles. The summed E-state index contributed by atoms with van der Waals surface area (Å²) in [6.07, 6.45) is 1.44. The molecule has 1 aliphatic rings. The number of rotatable bonds is 12. The third-order valence-corrected chi connectivity index (χ3v) is 6.16. The number of guanidine groups is 1. The lowest BCUT2D eigenvalue weighted by atomic mass is 10.0. The van der Waals surface area contributed by atoms with Crippen LogP contribution < -0.4 is 27.4 Å². The number of nitrogens with one attached hydrogen (secondary N) is 3. The van der Waals surface area contributed by atoms with Crippen LogP contribution in [0.25, 0.3) is 0 Å². The van der Waals surface area contributed by atoms with Crippen LogP contribution in [0.1, 0.15) is 39.5 Å². The number of amides is 4. The molecule has 4 amide bonds. The van der Waals surface area contributed by atoms with Crippen LogP contribution in [-0.2, 0) is 14.4 Å². The van der Waals surface area contributed by atoms with Gasteiger partial charge in [-0.2, -0.15) is 0 Å². The van der Waals surface area contributed by atoms with Crippen molar-refractivity contribution in [3.8, 4) is 0 Å². The van der Waals surface area contributed by atoms with Crippen molar-refractivity contribution < 1.29 is 23.6 Å². The van der Waals surface area contributed by atoms with Crippen LogP contribution in [0.5, 0.6) is 0 Å². The minimum atomic E-state index is -1.23. The second-order valence-electron chi connectivity index (χ2n) is 9.13. The van der Waals surface area contributed by atoms with Crippen molar-refractivity contribution >= 4 is 46.9 Å². The second kappa shape index (κ2) is 14.4. The summed E-state index contributed by atoms with van der Waals surface area (Å²) in [6, 6.07) is 3.16. The number of ketones is 1. The molecule has 0 aliphatic carbocycles. The molecule has 13 heteroatoms. The van der Waals surface area contributed by atoms with E-state index in [2.05, 4.69) is 20.9 Å². The van der Waals surface area contributed by atoms with Crippen LogP contribution in [0, 0.1) is 5.92 Å². The number of likely N-dealkylation sites (tertiary alicyclic amines) is 1. The Kier molecular flexibility index (Phi) is 11.6. The molecule has 1 saturated heterocycles. The maximum Gasteiger partial charge on any atom is 0.319 e. The molecular weight excluding hydrogens is 505 g/mol. The van der Waals surface area contributed by atoms with Crippen LogP contribution in [0.15, 0.2) is 29.3 Å². The fraction of sp³-hybridized carbons (Fsp3) is 0.542. The van der Waals surface area contributed by atoms with E-state index in [9.17, 15) is 23.6 Å². The highest BCUT2D eigenvalue weighted by Gasteiger charge is 2.39. The van der Waals surface area contributed by atoms with Crippen LogP contribution >= 0.6 is 11.6 Å². The van der Waals surface area contributed by atoms with E-state index in [0.717, 1.165) is 0 Å². The van der Waals surface area contributed by atoms with E-state index >= 15 is 0 Å². The van der Waals surface area contributed by atoms with Gasteiger partial charge in [0.05, 0.1) is 6.04 Å². The molecule has 0 radical (unpaired) electrons. The number of halogens is 2. The van der Waals surface area contributed by atoms with Crippen LogP contribution in [0.2, 0.25) is 5.02 Å². The molecule has 2 rings (SSSR count). The first kappa shape index (κ1) is 29.8. The third-order valence-electron chi connectivity index (χ3n) is 5.92. The maximum absolute atomic E-state index is 13.4. The highest BCUT2D eigenvalue weighted by Crippen LogP contribution is 2.21. The Hall–Kier alpha value is -3.41. The van der Waals surface area contributed by atoms with Gasteiger partial charge >= 0.3 is 6.03 Å². The smallest absolute Gasteiger partial charge is 0.319 e. The first-order valence-electron chi connectivity index (χ1n) is 12.1. The number of benzene rings is 1. The third kappa shape index (κ3) is 9.19. The number of nitrogens with zero attached hydrogens (tertiary/aromatic N) is 2. The van der Waals surface area contributed by atoms with E-state index in [4.69, 9.17) is 23.1 Å². The second-order valence-corrected chi connectivity index (χ2v) is 9.57. The van der Waals surface area contributed by atoms with Gasteiger partial charge in [-0.25, -0.2) is 9.18 Å². The van der Waals surface area contributed by atoms with E-state index in [-0.39, 0.29) is 24.8 Å². The number of nitrogens with two attached hydrogens (primary N) is 2. The van der Waals surface area contributed by atoms with Crippen molar-refractivity contribution in [3.63, 3.8) is 0 Å². The van der Waals surface area contributed by atoms with E-state index in [0.29, 0.717) is 36.5 Å². The SMILES string of the molecule is CC(C)[C@H](NC(=O)Nc1cccc(Cl)c1)C(=O)N1CCC[C@H]1C(=O)N[C@H](CCCN=C(N)N)C(=O)CF. The fourth-order valence-corrected chi connectivity index (χ4v) is 4.24. The zero-order chi connectivity index (χ0) is 27.5. The molecule has 0 saturated carbocycles. The topological polar surface area (TPSA) is 172 Å². The summed E-state index contributed by atoms with van der Waals surface area (Å²) in [5.74, 6) is -2.13. The molecule has 7 N–H and O–H groups in total. The molecule has 37 heavy (non-hydrogen) atoms. The number of alkyl halides is 1. The van der Waals surface area contributed by atoms with Crippen molar-refractivity contribution in [1.29, 1.82) is 0 Å². The zero-order valence-corrected chi connectivity index (χ0v) is 21.8. The van der Waals surface area contributed by atoms with Crippen molar-refractivity contribution in [2.45, 2.75) is 57.7 Å². The highest BCUT2D eigenvalue weighted by atomic mass is 35.5. The van der Waals surface area contributed by atoms with Gasteiger partial charge in [-0.05, 0) is 49.8 Å². The Morgan fingerprint density at radius 2 is 1.95 bits per heavy atom. The van der Waals surface area contributed by atoms with Gasteiger partial charge in [0, 0.05) is 23.8 Å². The van der Waals surface area contributed by atoms with Crippen molar-refractivity contribution in [1.82, 2.24) is 15.5 Å². The van der Waals surface area contributed by atoms with Crippen molar-refractivity contribution in [2.75, 3.05) is 25.1 Å². The minimum absolute atomic E-state index is 0.105. The highest BCUT2D eigenvalue weighted by molar-refractivity contribution is 6.30. The molecule has 1 heterocycles.